The van der Waals surface area contributed by atoms with E-state index in [4.69, 9.17) is 5.26 Å². The SMILES string of the molecule is N#Cc1ccc([C@]2(F)C(=O)N(c3ccccc3)c3ccccc32)cc1. The van der Waals surface area contributed by atoms with Crippen LogP contribution in [-0.2, 0) is 10.5 Å². The second-order valence-electron chi connectivity index (χ2n) is 5.84. The highest BCUT2D eigenvalue weighted by atomic mass is 19.1. The lowest BCUT2D eigenvalue weighted by Gasteiger charge is -2.21. The monoisotopic (exact) mass is 328 g/mol. The summed E-state index contributed by atoms with van der Waals surface area (Å²) < 4.78 is 16.1. The van der Waals surface area contributed by atoms with Gasteiger partial charge in [0.15, 0.2) is 0 Å². The molecule has 3 nitrogen and oxygen atoms in total. The number of hydrogen-bond donors (Lipinski definition) is 0. The van der Waals surface area contributed by atoms with Crippen LogP contribution in [0.15, 0.2) is 78.9 Å². The van der Waals surface area contributed by atoms with Gasteiger partial charge in [-0.3, -0.25) is 9.69 Å². The fraction of sp³-hybridized carbons (Fsp3) is 0.0476. The van der Waals surface area contributed by atoms with Crippen molar-refractivity contribution in [3.63, 3.8) is 0 Å². The van der Waals surface area contributed by atoms with Crippen molar-refractivity contribution in [3.05, 3.63) is 95.6 Å². The van der Waals surface area contributed by atoms with Crippen molar-refractivity contribution >= 4 is 17.3 Å². The van der Waals surface area contributed by atoms with Gasteiger partial charge in [-0.15, -0.1) is 0 Å². The average molecular weight is 328 g/mol. The summed E-state index contributed by atoms with van der Waals surface area (Å²) in [6.45, 7) is 0. The molecule has 25 heavy (non-hydrogen) atoms. The lowest BCUT2D eigenvalue weighted by Crippen LogP contribution is -2.35. The summed E-state index contributed by atoms with van der Waals surface area (Å²) in [7, 11) is 0. The summed E-state index contributed by atoms with van der Waals surface area (Å²) in [4.78, 5) is 14.5. The van der Waals surface area contributed by atoms with Crippen LogP contribution in [0, 0.1) is 11.3 Å². The van der Waals surface area contributed by atoms with E-state index in [0.29, 0.717) is 22.5 Å². The third-order valence-corrected chi connectivity index (χ3v) is 4.44. The van der Waals surface area contributed by atoms with Gasteiger partial charge >= 0.3 is 0 Å². The number of benzene rings is 3. The third-order valence-electron chi connectivity index (χ3n) is 4.44. The highest BCUT2D eigenvalue weighted by Crippen LogP contribution is 2.49. The van der Waals surface area contributed by atoms with E-state index in [1.54, 1.807) is 36.4 Å². The molecule has 0 spiro atoms. The normalized spacial score (nSPS) is 18.7. The Hall–Kier alpha value is -3.45. The summed E-state index contributed by atoms with van der Waals surface area (Å²) in [5, 5.41) is 8.94. The van der Waals surface area contributed by atoms with Crippen LogP contribution >= 0.6 is 0 Å². The maximum atomic E-state index is 16.1. The number of nitrogens with zero attached hydrogens (tertiary/aromatic N) is 2. The van der Waals surface area contributed by atoms with Gasteiger partial charge in [-0.2, -0.15) is 5.26 Å². The van der Waals surface area contributed by atoms with E-state index in [-0.39, 0.29) is 5.56 Å². The van der Waals surface area contributed by atoms with E-state index in [1.807, 2.05) is 24.3 Å². The highest BCUT2D eigenvalue weighted by molar-refractivity contribution is 6.13. The zero-order valence-electron chi connectivity index (χ0n) is 13.2. The van der Waals surface area contributed by atoms with Crippen LogP contribution < -0.4 is 4.90 Å². The Morgan fingerprint density at radius 1 is 0.880 bits per heavy atom. The van der Waals surface area contributed by atoms with Gasteiger partial charge in [0.05, 0.1) is 17.3 Å². The minimum absolute atomic E-state index is 0.224. The first-order valence-corrected chi connectivity index (χ1v) is 7.85. The van der Waals surface area contributed by atoms with Crippen LogP contribution in [0.1, 0.15) is 16.7 Å². The Bertz CT molecular complexity index is 992. The van der Waals surface area contributed by atoms with Crippen molar-refractivity contribution in [2.45, 2.75) is 5.67 Å². The van der Waals surface area contributed by atoms with Crippen LogP contribution in [0.2, 0.25) is 0 Å². The zero-order valence-corrected chi connectivity index (χ0v) is 13.2. The van der Waals surface area contributed by atoms with E-state index < -0.39 is 11.6 Å². The van der Waals surface area contributed by atoms with E-state index in [9.17, 15) is 4.79 Å². The van der Waals surface area contributed by atoms with Gasteiger partial charge in [0.1, 0.15) is 0 Å². The first-order chi connectivity index (χ1) is 12.2. The van der Waals surface area contributed by atoms with Crippen LogP contribution in [0.4, 0.5) is 15.8 Å². The number of para-hydroxylation sites is 2. The van der Waals surface area contributed by atoms with Gasteiger partial charge in [-0.1, -0.05) is 48.5 Å². The van der Waals surface area contributed by atoms with E-state index >= 15 is 4.39 Å². The smallest absolute Gasteiger partial charge is 0.277 e. The minimum Gasteiger partial charge on any atom is -0.277 e. The molecule has 1 heterocycles. The van der Waals surface area contributed by atoms with Crippen molar-refractivity contribution in [3.8, 4) is 6.07 Å². The van der Waals surface area contributed by atoms with E-state index in [1.165, 1.54) is 29.2 Å². The van der Waals surface area contributed by atoms with E-state index in [2.05, 4.69) is 0 Å². The van der Waals surface area contributed by atoms with Crippen LogP contribution in [0.25, 0.3) is 0 Å². The maximum absolute atomic E-state index is 16.1. The van der Waals surface area contributed by atoms with E-state index in [0.717, 1.165) is 0 Å². The summed E-state index contributed by atoms with van der Waals surface area (Å²) >= 11 is 0. The lowest BCUT2D eigenvalue weighted by atomic mass is 9.89. The Morgan fingerprint density at radius 3 is 2.20 bits per heavy atom. The summed E-state index contributed by atoms with van der Waals surface area (Å²) in [6.07, 6.45) is 0. The van der Waals surface area contributed by atoms with Gasteiger partial charge in [0.2, 0.25) is 5.67 Å². The first-order valence-electron chi connectivity index (χ1n) is 7.85. The quantitative estimate of drug-likeness (QED) is 0.697. The molecule has 1 amide bonds. The first kappa shape index (κ1) is 15.1. The molecule has 120 valence electrons. The molecule has 1 aliphatic heterocycles. The molecule has 4 heteroatoms. The number of halogens is 1. The van der Waals surface area contributed by atoms with Crippen molar-refractivity contribution in [2.24, 2.45) is 0 Å². The third kappa shape index (κ3) is 2.14. The van der Waals surface area contributed by atoms with Crippen molar-refractivity contribution in [1.29, 1.82) is 5.26 Å². The Kier molecular flexibility index (Phi) is 3.36. The molecule has 0 saturated heterocycles. The number of nitriles is 1. The summed E-state index contributed by atoms with van der Waals surface area (Å²) in [5.41, 5.74) is -0.166. The maximum Gasteiger partial charge on any atom is 0.278 e. The number of anilines is 2. The fourth-order valence-corrected chi connectivity index (χ4v) is 3.23. The van der Waals surface area contributed by atoms with Gasteiger partial charge in [-0.05, 0) is 30.3 Å². The van der Waals surface area contributed by atoms with Crippen molar-refractivity contribution in [2.75, 3.05) is 4.90 Å². The van der Waals surface area contributed by atoms with Gasteiger partial charge in [0, 0.05) is 16.8 Å². The largest absolute Gasteiger partial charge is 0.278 e. The number of carbonyl (C=O) groups is 1. The molecule has 3 aromatic carbocycles. The van der Waals surface area contributed by atoms with Gasteiger partial charge < -0.3 is 0 Å². The van der Waals surface area contributed by atoms with Gasteiger partial charge in [0.25, 0.3) is 5.91 Å². The summed E-state index contributed by atoms with van der Waals surface area (Å²) in [6, 6.07) is 24.0. The molecule has 0 aliphatic carbocycles. The molecule has 0 saturated carbocycles. The topological polar surface area (TPSA) is 44.1 Å². The summed E-state index contributed by atoms with van der Waals surface area (Å²) in [5.74, 6) is -0.649. The number of carbonyl (C=O) groups excluding carboxylic acids is 1. The fourth-order valence-electron chi connectivity index (χ4n) is 3.23. The van der Waals surface area contributed by atoms with Crippen LogP contribution in [-0.4, -0.2) is 5.91 Å². The number of fused-ring (bicyclic) bond motifs is 1. The molecule has 1 aliphatic rings. The molecule has 0 radical (unpaired) electrons. The number of hydrogen-bond acceptors (Lipinski definition) is 2. The molecule has 1 atom stereocenters. The number of rotatable bonds is 2. The van der Waals surface area contributed by atoms with Crippen molar-refractivity contribution < 1.29 is 9.18 Å². The predicted molar refractivity (Wildman–Crippen MR) is 93.1 cm³/mol. The molecule has 0 aromatic heterocycles. The molecule has 0 fully saturated rings. The molecule has 3 aromatic rings. The Morgan fingerprint density at radius 2 is 1.52 bits per heavy atom. The second-order valence-corrected chi connectivity index (χ2v) is 5.84. The lowest BCUT2D eigenvalue weighted by molar-refractivity contribution is -0.126. The second kappa shape index (κ2) is 5.57. The molecule has 0 bridgehead atoms. The molecular weight excluding hydrogens is 315 g/mol. The Balaban J connectivity index is 1.92. The van der Waals surface area contributed by atoms with Gasteiger partial charge in [-0.25, -0.2) is 4.39 Å². The van der Waals surface area contributed by atoms with Crippen LogP contribution in [0.5, 0.6) is 0 Å². The number of alkyl halides is 1. The van der Waals surface area contributed by atoms with Crippen molar-refractivity contribution in [1.82, 2.24) is 0 Å². The van der Waals surface area contributed by atoms with Crippen LogP contribution in [0.3, 0.4) is 0 Å². The highest BCUT2D eigenvalue weighted by Gasteiger charge is 2.53. The standard InChI is InChI=1S/C21H13FN2O/c22-21(16-12-10-15(14-23)11-13-16)18-8-4-5-9-19(18)24(20(21)25)17-6-2-1-3-7-17/h1-13H/t21-/m1/s1. The predicted octanol–water partition coefficient (Wildman–Crippen LogP) is 4.45. The molecule has 0 unspecified atom stereocenters. The average Bonchev–Trinajstić information content (AvgIpc) is 2.91. The zero-order chi connectivity index (χ0) is 17.4. The Labute approximate surface area is 144 Å². The minimum atomic E-state index is -2.28. The molecular formula is C21H13FN2O. The number of amides is 1. The molecule has 0 N–H and O–H groups in total. The molecule has 4 rings (SSSR count).